The van der Waals surface area contributed by atoms with Crippen molar-refractivity contribution in [3.63, 3.8) is 0 Å². The smallest absolute Gasteiger partial charge is 0.350 e. The first kappa shape index (κ1) is 19.4. The van der Waals surface area contributed by atoms with Crippen LogP contribution < -0.4 is 15.3 Å². The minimum atomic E-state index is -0.928. The van der Waals surface area contributed by atoms with E-state index >= 15 is 0 Å². The van der Waals surface area contributed by atoms with Crippen LogP contribution in [-0.2, 0) is 0 Å². The largest absolute Gasteiger partial charge is 0.495 e. The Morgan fingerprint density at radius 2 is 1.86 bits per heavy atom. The van der Waals surface area contributed by atoms with E-state index in [1.807, 2.05) is 24.3 Å². The molecule has 2 unspecified atom stereocenters. The Kier molecular flexibility index (Phi) is 4.99. The number of fused-ring (bicyclic) bond motifs is 2. The van der Waals surface area contributed by atoms with E-state index in [9.17, 15) is 15.0 Å². The number of aliphatic hydroxyl groups excluding tert-OH is 2. The zero-order chi connectivity index (χ0) is 20.7. The molecule has 0 amide bonds. The molecule has 2 atom stereocenters. The molecule has 8 heteroatoms. The summed E-state index contributed by atoms with van der Waals surface area (Å²) in [5, 5.41) is 21.1. The first-order valence-corrected chi connectivity index (χ1v) is 9.87. The third kappa shape index (κ3) is 3.35. The molecule has 2 N–H and O–H groups in total. The second-order valence-corrected chi connectivity index (χ2v) is 7.67. The summed E-state index contributed by atoms with van der Waals surface area (Å²) in [4.78, 5) is 18.8. The molecule has 0 saturated heterocycles. The highest BCUT2D eigenvalue weighted by atomic mass is 32.1. The van der Waals surface area contributed by atoms with Crippen LogP contribution in [0.1, 0.15) is 13.8 Å². The van der Waals surface area contributed by atoms with Gasteiger partial charge in [0.15, 0.2) is 0 Å². The number of nitrogens with zero attached hydrogens (tertiary/aromatic N) is 2. The Balaban J connectivity index is 1.93. The predicted molar refractivity (Wildman–Crippen MR) is 113 cm³/mol. The number of hydrogen-bond donors (Lipinski definition) is 2. The second-order valence-electron chi connectivity index (χ2n) is 6.64. The molecule has 0 fully saturated rings. The normalized spacial score (nSPS) is 13.6. The average molecular weight is 412 g/mol. The number of hydrogen-bond acceptors (Lipinski definition) is 8. The first-order chi connectivity index (χ1) is 13.9. The fourth-order valence-corrected chi connectivity index (χ4v) is 4.44. The topological polar surface area (TPSA) is 96.0 Å². The van der Waals surface area contributed by atoms with Crippen molar-refractivity contribution in [3.05, 3.63) is 52.9 Å². The summed E-state index contributed by atoms with van der Waals surface area (Å²) in [6, 6.07) is 12.7. The summed E-state index contributed by atoms with van der Waals surface area (Å²) >= 11 is 1.39. The number of rotatable bonds is 5. The minimum absolute atomic E-state index is 0.275. The monoisotopic (exact) mass is 412 g/mol. The Bertz CT molecular complexity index is 1200. The van der Waals surface area contributed by atoms with E-state index in [2.05, 4.69) is 4.98 Å². The van der Waals surface area contributed by atoms with Crippen LogP contribution in [-0.4, -0.2) is 34.8 Å². The molecular weight excluding hydrogens is 392 g/mol. The van der Waals surface area contributed by atoms with Crippen LogP contribution in [0.2, 0.25) is 0 Å². The highest BCUT2D eigenvalue weighted by molar-refractivity contribution is 7.21. The Morgan fingerprint density at radius 3 is 2.52 bits per heavy atom. The van der Waals surface area contributed by atoms with Gasteiger partial charge >= 0.3 is 5.63 Å². The van der Waals surface area contributed by atoms with Crippen LogP contribution in [0.25, 0.3) is 31.8 Å². The zero-order valence-corrected chi connectivity index (χ0v) is 16.9. The third-order valence-corrected chi connectivity index (χ3v) is 5.71. The van der Waals surface area contributed by atoms with Crippen LogP contribution in [0.15, 0.2) is 51.7 Å². The summed E-state index contributed by atoms with van der Waals surface area (Å²) in [5.74, 6) is 0.377. The number of para-hydroxylation sites is 1. The molecule has 29 heavy (non-hydrogen) atoms. The highest BCUT2D eigenvalue weighted by Gasteiger charge is 2.23. The van der Waals surface area contributed by atoms with Crippen molar-refractivity contribution >= 4 is 38.2 Å². The number of ether oxygens (including phenoxy) is 1. The van der Waals surface area contributed by atoms with Gasteiger partial charge in [-0.25, -0.2) is 9.78 Å². The number of methoxy groups -OCH3 is 1. The molecule has 7 nitrogen and oxygen atoms in total. The SMILES string of the molecule is COc1c(-c2nc3ccccc3s2)c(=O)oc2cc(N(C(C)O)C(C)O)ccc12. The first-order valence-electron chi connectivity index (χ1n) is 9.06. The highest BCUT2D eigenvalue weighted by Crippen LogP contribution is 2.38. The quantitative estimate of drug-likeness (QED) is 0.382. The van der Waals surface area contributed by atoms with E-state index < -0.39 is 18.1 Å². The summed E-state index contributed by atoms with van der Waals surface area (Å²) in [6.07, 6.45) is -1.86. The van der Waals surface area contributed by atoms with Gasteiger partial charge in [0.1, 0.15) is 34.4 Å². The Morgan fingerprint density at radius 1 is 1.14 bits per heavy atom. The molecule has 2 aromatic carbocycles. The van der Waals surface area contributed by atoms with Gasteiger partial charge in [-0.2, -0.15) is 0 Å². The van der Waals surface area contributed by atoms with E-state index in [1.54, 1.807) is 32.0 Å². The number of aliphatic hydroxyl groups is 2. The molecule has 0 saturated carbocycles. The lowest BCUT2D eigenvalue weighted by Gasteiger charge is -2.30. The van der Waals surface area contributed by atoms with Gasteiger partial charge < -0.3 is 24.3 Å². The van der Waals surface area contributed by atoms with Crippen molar-refractivity contribution in [2.75, 3.05) is 12.0 Å². The lowest BCUT2D eigenvalue weighted by Crippen LogP contribution is -2.40. The van der Waals surface area contributed by atoms with Gasteiger partial charge in [-0.3, -0.25) is 0 Å². The fraction of sp³-hybridized carbons (Fsp3) is 0.238. The van der Waals surface area contributed by atoms with Gasteiger partial charge in [0, 0.05) is 11.8 Å². The summed E-state index contributed by atoms with van der Waals surface area (Å²) in [7, 11) is 1.50. The van der Waals surface area contributed by atoms with Crippen LogP contribution in [0.3, 0.4) is 0 Å². The fourth-order valence-electron chi connectivity index (χ4n) is 3.44. The van der Waals surface area contributed by atoms with Crippen molar-refractivity contribution in [1.82, 2.24) is 4.98 Å². The molecule has 0 aliphatic heterocycles. The molecule has 0 aliphatic carbocycles. The zero-order valence-electron chi connectivity index (χ0n) is 16.1. The summed E-state index contributed by atoms with van der Waals surface area (Å²) in [5.41, 5.74) is 1.32. The van der Waals surface area contributed by atoms with E-state index in [4.69, 9.17) is 9.15 Å². The van der Waals surface area contributed by atoms with Gasteiger partial charge in [0.05, 0.1) is 22.7 Å². The van der Waals surface area contributed by atoms with Crippen LogP contribution >= 0.6 is 11.3 Å². The second kappa shape index (κ2) is 7.47. The standard InChI is InChI=1S/C21H20N2O5S/c1-11(24)23(12(2)25)13-8-9-14-16(10-13)28-21(26)18(19(14)27-3)20-22-15-6-4-5-7-17(15)29-20/h4-12,24-25H,1-3H3. The molecule has 0 bridgehead atoms. The van der Waals surface area contributed by atoms with Gasteiger partial charge in [-0.15, -0.1) is 11.3 Å². The molecule has 4 rings (SSSR count). The number of anilines is 1. The summed E-state index contributed by atoms with van der Waals surface area (Å²) in [6.45, 7) is 3.09. The van der Waals surface area contributed by atoms with Crippen molar-refractivity contribution < 1.29 is 19.4 Å². The summed E-state index contributed by atoms with van der Waals surface area (Å²) < 4.78 is 12.1. The van der Waals surface area contributed by atoms with Crippen molar-refractivity contribution in [2.45, 2.75) is 26.3 Å². The van der Waals surface area contributed by atoms with Gasteiger partial charge in [0.25, 0.3) is 0 Å². The molecule has 4 aromatic rings. The van der Waals surface area contributed by atoms with Crippen LogP contribution in [0.5, 0.6) is 5.75 Å². The maximum Gasteiger partial charge on any atom is 0.350 e. The van der Waals surface area contributed by atoms with Crippen molar-refractivity contribution in [2.24, 2.45) is 0 Å². The lowest BCUT2D eigenvalue weighted by atomic mass is 10.1. The molecule has 0 aliphatic rings. The minimum Gasteiger partial charge on any atom is -0.495 e. The van der Waals surface area contributed by atoms with Gasteiger partial charge in [-0.05, 0) is 38.1 Å². The maximum absolute atomic E-state index is 12.8. The molecule has 150 valence electrons. The van der Waals surface area contributed by atoms with E-state index in [-0.39, 0.29) is 5.56 Å². The molecule has 0 spiro atoms. The number of thiazole rings is 1. The van der Waals surface area contributed by atoms with Crippen molar-refractivity contribution in [1.29, 1.82) is 0 Å². The lowest BCUT2D eigenvalue weighted by molar-refractivity contribution is 0.105. The van der Waals surface area contributed by atoms with Gasteiger partial charge in [0.2, 0.25) is 0 Å². The maximum atomic E-state index is 12.8. The average Bonchev–Trinajstić information content (AvgIpc) is 3.09. The van der Waals surface area contributed by atoms with Gasteiger partial charge in [-0.1, -0.05) is 12.1 Å². The third-order valence-electron chi connectivity index (χ3n) is 4.66. The van der Waals surface area contributed by atoms with Crippen LogP contribution in [0, 0.1) is 0 Å². The van der Waals surface area contributed by atoms with E-state index in [1.165, 1.54) is 23.3 Å². The van der Waals surface area contributed by atoms with E-state index in [0.29, 0.717) is 27.4 Å². The molecular formula is C21H20N2O5S. The molecule has 0 radical (unpaired) electrons. The van der Waals surface area contributed by atoms with Crippen LogP contribution in [0.4, 0.5) is 5.69 Å². The Labute approximate surface area is 170 Å². The molecule has 2 aromatic heterocycles. The van der Waals surface area contributed by atoms with Crippen molar-refractivity contribution in [3.8, 4) is 16.3 Å². The Hall–Kier alpha value is -2.94. The van der Waals surface area contributed by atoms with E-state index in [0.717, 1.165) is 10.2 Å². The number of benzene rings is 2. The predicted octanol–water partition coefficient (Wildman–Crippen LogP) is 3.56. The number of aromatic nitrogens is 1. The molecule has 2 heterocycles.